The van der Waals surface area contributed by atoms with Crippen molar-refractivity contribution in [3.8, 4) is 5.69 Å². The third-order valence-corrected chi connectivity index (χ3v) is 6.76. The second-order valence-electron chi connectivity index (χ2n) is 10.2. The number of benzene rings is 4. The van der Waals surface area contributed by atoms with Gasteiger partial charge in [-0.1, -0.05) is 74.0 Å². The van der Waals surface area contributed by atoms with E-state index in [0.29, 0.717) is 23.3 Å². The number of hydrogen-bond acceptors (Lipinski definition) is 3. The number of aromatic nitrogens is 2. The minimum atomic E-state index is -0.480. The molecule has 4 aromatic carbocycles. The van der Waals surface area contributed by atoms with Crippen LogP contribution in [0, 0.1) is 12.8 Å². The quantitative estimate of drug-likeness (QED) is 0.268. The molecule has 0 radical (unpaired) electrons. The van der Waals surface area contributed by atoms with Gasteiger partial charge in [0, 0.05) is 12.2 Å². The van der Waals surface area contributed by atoms with Gasteiger partial charge in [-0.15, -0.1) is 0 Å². The molecule has 0 saturated carbocycles. The number of rotatable bonds is 6. The average molecular weight is 505 g/mol. The molecule has 6 nitrogen and oxygen atoms in total. The number of para-hydroxylation sites is 1. The van der Waals surface area contributed by atoms with Crippen LogP contribution in [0.5, 0.6) is 0 Å². The molecule has 1 aromatic heterocycles. The van der Waals surface area contributed by atoms with E-state index in [4.69, 9.17) is 4.98 Å². The number of nitrogens with one attached hydrogen (secondary N) is 1. The lowest BCUT2D eigenvalue weighted by Gasteiger charge is -2.32. The summed E-state index contributed by atoms with van der Waals surface area (Å²) < 4.78 is 1.66. The van der Waals surface area contributed by atoms with Gasteiger partial charge in [0.2, 0.25) is 0 Å². The van der Waals surface area contributed by atoms with Crippen molar-refractivity contribution in [3.05, 3.63) is 113 Å². The molecule has 1 N–H and O–H groups in total. The molecular weight excluding hydrogens is 472 g/mol. The monoisotopic (exact) mass is 504 g/mol. The zero-order chi connectivity index (χ0) is 26.8. The van der Waals surface area contributed by atoms with Gasteiger partial charge >= 0.3 is 6.03 Å². The first-order valence-corrected chi connectivity index (χ1v) is 13.0. The Balaban J connectivity index is 1.65. The molecule has 38 heavy (non-hydrogen) atoms. The Hall–Kier alpha value is -4.45. The Morgan fingerprint density at radius 3 is 2.32 bits per heavy atom. The Labute approximate surface area is 222 Å². The summed E-state index contributed by atoms with van der Waals surface area (Å²) >= 11 is 0. The first kappa shape index (κ1) is 25.2. The van der Waals surface area contributed by atoms with E-state index in [-0.39, 0.29) is 17.5 Å². The Morgan fingerprint density at radius 1 is 0.895 bits per heavy atom. The number of amides is 2. The molecule has 6 heteroatoms. The molecule has 0 aliphatic rings. The molecule has 1 atom stereocenters. The number of carbonyl (C=O) groups excluding carboxylic acids is 1. The highest BCUT2D eigenvalue weighted by molar-refractivity contribution is 5.90. The molecule has 2 amide bonds. The van der Waals surface area contributed by atoms with Crippen LogP contribution in [0.15, 0.2) is 95.8 Å². The van der Waals surface area contributed by atoms with E-state index >= 15 is 0 Å². The highest BCUT2D eigenvalue weighted by Crippen LogP contribution is 2.26. The highest BCUT2D eigenvalue weighted by atomic mass is 16.2. The van der Waals surface area contributed by atoms with Crippen molar-refractivity contribution in [2.45, 2.75) is 33.7 Å². The molecule has 5 rings (SSSR count). The fourth-order valence-corrected chi connectivity index (χ4v) is 4.78. The number of carbonyl (C=O) groups is 1. The minimum Gasteiger partial charge on any atom is -0.314 e. The lowest BCUT2D eigenvalue weighted by atomic mass is 10.1. The van der Waals surface area contributed by atoms with Gasteiger partial charge in [-0.2, -0.15) is 0 Å². The summed E-state index contributed by atoms with van der Waals surface area (Å²) in [7, 11) is 0. The third-order valence-electron chi connectivity index (χ3n) is 6.76. The zero-order valence-electron chi connectivity index (χ0n) is 22.2. The van der Waals surface area contributed by atoms with Crippen molar-refractivity contribution in [2.24, 2.45) is 5.92 Å². The molecule has 0 fully saturated rings. The van der Waals surface area contributed by atoms with Gasteiger partial charge in [0.15, 0.2) is 0 Å². The normalized spacial score (nSPS) is 12.1. The first-order valence-electron chi connectivity index (χ1n) is 13.0. The van der Waals surface area contributed by atoms with Gasteiger partial charge in [-0.3, -0.25) is 9.36 Å². The van der Waals surface area contributed by atoms with Crippen molar-refractivity contribution < 1.29 is 4.79 Å². The Morgan fingerprint density at radius 2 is 1.58 bits per heavy atom. The van der Waals surface area contributed by atoms with Gasteiger partial charge in [-0.05, 0) is 66.9 Å². The number of fused-ring (bicyclic) bond motifs is 2. The lowest BCUT2D eigenvalue weighted by Crippen LogP contribution is -2.41. The topological polar surface area (TPSA) is 67.2 Å². The number of nitrogens with zero attached hydrogens (tertiary/aromatic N) is 3. The molecule has 0 spiro atoms. The largest absolute Gasteiger partial charge is 0.322 e. The van der Waals surface area contributed by atoms with Crippen LogP contribution in [0.3, 0.4) is 0 Å². The smallest absolute Gasteiger partial charge is 0.314 e. The molecule has 192 valence electrons. The predicted octanol–water partition coefficient (Wildman–Crippen LogP) is 7.10. The Bertz CT molecular complexity index is 1670. The fourth-order valence-electron chi connectivity index (χ4n) is 4.78. The molecule has 0 saturated heterocycles. The van der Waals surface area contributed by atoms with Crippen LogP contribution in [0.2, 0.25) is 0 Å². The van der Waals surface area contributed by atoms with Gasteiger partial charge in [0.05, 0.1) is 22.6 Å². The summed E-state index contributed by atoms with van der Waals surface area (Å²) in [6.45, 7) is 8.59. The van der Waals surface area contributed by atoms with Crippen LogP contribution in [-0.2, 0) is 0 Å². The number of aryl methyl sites for hydroxylation is 1. The van der Waals surface area contributed by atoms with Gasteiger partial charge in [-0.25, -0.2) is 9.78 Å². The second kappa shape index (κ2) is 10.5. The second-order valence-corrected chi connectivity index (χ2v) is 10.2. The van der Waals surface area contributed by atoms with Crippen molar-refractivity contribution >= 4 is 33.4 Å². The van der Waals surface area contributed by atoms with Crippen LogP contribution in [0.25, 0.3) is 27.4 Å². The number of urea groups is 1. The van der Waals surface area contributed by atoms with Crippen LogP contribution < -0.4 is 10.9 Å². The van der Waals surface area contributed by atoms with E-state index in [1.807, 2.05) is 98.8 Å². The van der Waals surface area contributed by atoms with E-state index in [1.54, 1.807) is 15.5 Å². The molecule has 1 unspecified atom stereocenters. The van der Waals surface area contributed by atoms with Crippen LogP contribution in [0.4, 0.5) is 10.5 Å². The summed E-state index contributed by atoms with van der Waals surface area (Å²) in [5.41, 5.74) is 3.02. The zero-order valence-corrected chi connectivity index (χ0v) is 22.2. The number of anilines is 1. The molecule has 0 aliphatic carbocycles. The van der Waals surface area contributed by atoms with Crippen LogP contribution >= 0.6 is 0 Å². The maximum absolute atomic E-state index is 13.9. The SMILES string of the molecule is Cc1ccc(NC(=O)N(CC(C)C)C(C)c2nc3ccccc3c(=O)n2-c2ccc3ccccc3c2)cc1. The number of hydrogen-bond donors (Lipinski definition) is 1. The summed E-state index contributed by atoms with van der Waals surface area (Å²) in [6, 6.07) is 28.4. The summed E-state index contributed by atoms with van der Waals surface area (Å²) in [6.07, 6.45) is 0. The van der Waals surface area contributed by atoms with E-state index < -0.39 is 6.04 Å². The van der Waals surface area contributed by atoms with Crippen molar-refractivity contribution in [1.82, 2.24) is 14.5 Å². The summed E-state index contributed by atoms with van der Waals surface area (Å²) in [5.74, 6) is 0.728. The van der Waals surface area contributed by atoms with E-state index in [9.17, 15) is 9.59 Å². The lowest BCUT2D eigenvalue weighted by molar-refractivity contribution is 0.179. The van der Waals surface area contributed by atoms with E-state index in [1.165, 1.54) is 0 Å². The Kier molecular flexibility index (Phi) is 6.97. The maximum atomic E-state index is 13.9. The summed E-state index contributed by atoms with van der Waals surface area (Å²) in [4.78, 5) is 34.3. The predicted molar refractivity (Wildman–Crippen MR) is 155 cm³/mol. The van der Waals surface area contributed by atoms with Crippen molar-refractivity contribution in [2.75, 3.05) is 11.9 Å². The van der Waals surface area contributed by atoms with Crippen LogP contribution in [0.1, 0.15) is 38.2 Å². The fraction of sp³-hybridized carbons (Fsp3) is 0.219. The highest BCUT2D eigenvalue weighted by Gasteiger charge is 2.27. The first-order chi connectivity index (χ1) is 18.3. The van der Waals surface area contributed by atoms with Crippen LogP contribution in [-0.4, -0.2) is 27.0 Å². The van der Waals surface area contributed by atoms with Crippen molar-refractivity contribution in [3.63, 3.8) is 0 Å². The molecular formula is C32H32N4O2. The van der Waals surface area contributed by atoms with E-state index in [0.717, 1.165) is 27.7 Å². The molecule has 5 aromatic rings. The van der Waals surface area contributed by atoms with Gasteiger partial charge in [0.25, 0.3) is 5.56 Å². The standard InChI is InChI=1S/C32H32N4O2/c1-21(2)20-35(32(38)33-26-16-13-22(3)14-17-26)23(4)30-34-29-12-8-7-11-28(29)31(37)36(30)27-18-15-24-9-5-6-10-25(24)19-27/h5-19,21,23H,20H2,1-4H3,(H,33,38). The minimum absolute atomic E-state index is 0.156. The van der Waals surface area contributed by atoms with Gasteiger partial charge < -0.3 is 10.2 Å². The molecule has 0 aliphatic heterocycles. The van der Waals surface area contributed by atoms with Gasteiger partial charge in [0.1, 0.15) is 5.82 Å². The molecule has 1 heterocycles. The summed E-state index contributed by atoms with van der Waals surface area (Å²) in [5, 5.41) is 5.69. The maximum Gasteiger partial charge on any atom is 0.322 e. The molecule has 0 bridgehead atoms. The third kappa shape index (κ3) is 5.02. The van der Waals surface area contributed by atoms with Crippen molar-refractivity contribution in [1.29, 1.82) is 0 Å². The van der Waals surface area contributed by atoms with E-state index in [2.05, 4.69) is 19.2 Å². The average Bonchev–Trinajstić information content (AvgIpc) is 2.92.